The minimum atomic E-state index is -0.390. The van der Waals surface area contributed by atoms with Crippen molar-refractivity contribution < 1.29 is 15.0 Å². The predicted molar refractivity (Wildman–Crippen MR) is 56.4 cm³/mol. The normalized spacial score (nSPS) is 17.1. The fraction of sp³-hybridized carbons (Fsp3) is 0.900. The fourth-order valence-electron chi connectivity index (χ4n) is 1.67. The van der Waals surface area contributed by atoms with Crippen LogP contribution in [0.2, 0.25) is 0 Å². The molecule has 1 aliphatic heterocycles. The van der Waals surface area contributed by atoms with Gasteiger partial charge in [-0.05, 0) is 19.3 Å². The summed E-state index contributed by atoms with van der Waals surface area (Å²) in [7, 11) is 0. The molecule has 1 saturated heterocycles. The van der Waals surface area contributed by atoms with Crippen LogP contribution in [0.15, 0.2) is 0 Å². The van der Waals surface area contributed by atoms with E-state index in [0.717, 1.165) is 25.9 Å². The number of aliphatic hydroxyl groups excluding tert-OH is 2. The van der Waals surface area contributed by atoms with Crippen molar-refractivity contribution >= 4 is 5.91 Å². The van der Waals surface area contributed by atoms with E-state index in [4.69, 9.17) is 10.2 Å². The van der Waals surface area contributed by atoms with Gasteiger partial charge in [0.25, 0.3) is 0 Å². The Morgan fingerprint density at radius 1 is 1.20 bits per heavy atom. The quantitative estimate of drug-likeness (QED) is 0.548. The number of hydrogen-bond acceptors (Lipinski definition) is 4. The molecule has 0 radical (unpaired) electrons. The van der Waals surface area contributed by atoms with Crippen LogP contribution in [-0.2, 0) is 4.79 Å². The van der Waals surface area contributed by atoms with E-state index in [1.807, 2.05) is 4.90 Å². The molecule has 0 atom stereocenters. The summed E-state index contributed by atoms with van der Waals surface area (Å²) in [6.07, 6.45) is 3.36. The second-order valence-electron chi connectivity index (χ2n) is 3.88. The second-order valence-corrected chi connectivity index (χ2v) is 3.88. The lowest BCUT2D eigenvalue weighted by Crippen LogP contribution is -2.45. The summed E-state index contributed by atoms with van der Waals surface area (Å²) >= 11 is 0. The molecule has 0 unspecified atom stereocenters. The Morgan fingerprint density at radius 2 is 1.80 bits per heavy atom. The summed E-state index contributed by atoms with van der Waals surface area (Å²) in [5, 5.41) is 20.4. The summed E-state index contributed by atoms with van der Waals surface area (Å²) in [5.41, 5.74) is 0. The fourth-order valence-corrected chi connectivity index (χ4v) is 1.67. The molecule has 1 rings (SSSR count). The highest BCUT2D eigenvalue weighted by atomic mass is 16.3. The van der Waals surface area contributed by atoms with Crippen LogP contribution in [0, 0.1) is 0 Å². The number of carbonyl (C=O) groups excluding carboxylic acids is 1. The zero-order valence-corrected chi connectivity index (χ0v) is 8.98. The summed E-state index contributed by atoms with van der Waals surface area (Å²) in [4.78, 5) is 13.5. The van der Waals surface area contributed by atoms with Crippen LogP contribution >= 0.6 is 0 Å². The SMILES string of the molecule is O=C(CNC(CO)CO)N1CCCCC1. The lowest BCUT2D eigenvalue weighted by Gasteiger charge is -2.27. The molecule has 1 amide bonds. The van der Waals surface area contributed by atoms with Gasteiger partial charge in [0.05, 0.1) is 25.8 Å². The molecule has 0 aliphatic carbocycles. The number of nitrogens with one attached hydrogen (secondary N) is 1. The van der Waals surface area contributed by atoms with Crippen molar-refractivity contribution in [1.82, 2.24) is 10.2 Å². The maximum atomic E-state index is 11.6. The summed E-state index contributed by atoms with van der Waals surface area (Å²) in [6.45, 7) is 1.58. The van der Waals surface area contributed by atoms with Crippen LogP contribution in [0.5, 0.6) is 0 Å². The van der Waals surface area contributed by atoms with Gasteiger partial charge in [0.15, 0.2) is 0 Å². The molecule has 0 spiro atoms. The molecule has 15 heavy (non-hydrogen) atoms. The van der Waals surface area contributed by atoms with E-state index in [0.29, 0.717) is 0 Å². The van der Waals surface area contributed by atoms with Gasteiger partial charge in [-0.15, -0.1) is 0 Å². The molecule has 0 aromatic carbocycles. The van der Waals surface area contributed by atoms with Crippen molar-refractivity contribution in [1.29, 1.82) is 0 Å². The van der Waals surface area contributed by atoms with Gasteiger partial charge in [0, 0.05) is 13.1 Å². The lowest BCUT2D eigenvalue weighted by atomic mass is 10.1. The Morgan fingerprint density at radius 3 is 2.33 bits per heavy atom. The average Bonchev–Trinajstić information content (AvgIpc) is 2.31. The van der Waals surface area contributed by atoms with Crippen molar-refractivity contribution in [3.05, 3.63) is 0 Å². The van der Waals surface area contributed by atoms with Crippen molar-refractivity contribution in [2.24, 2.45) is 0 Å². The highest BCUT2D eigenvalue weighted by Gasteiger charge is 2.17. The molecule has 0 aromatic rings. The number of amides is 1. The first-order chi connectivity index (χ1) is 7.27. The first-order valence-electron chi connectivity index (χ1n) is 5.50. The van der Waals surface area contributed by atoms with Crippen LogP contribution in [0.4, 0.5) is 0 Å². The van der Waals surface area contributed by atoms with Crippen LogP contribution < -0.4 is 5.32 Å². The summed E-state index contributed by atoms with van der Waals surface area (Å²) in [5.74, 6) is 0.0570. The van der Waals surface area contributed by atoms with Gasteiger partial charge in [0.2, 0.25) is 5.91 Å². The van der Waals surface area contributed by atoms with Gasteiger partial charge in [-0.25, -0.2) is 0 Å². The molecule has 1 fully saturated rings. The van der Waals surface area contributed by atoms with E-state index < -0.39 is 6.04 Å². The van der Waals surface area contributed by atoms with Crippen molar-refractivity contribution in [2.45, 2.75) is 25.3 Å². The standard InChI is InChI=1S/C10H20N2O3/c13-7-9(8-14)11-6-10(15)12-4-2-1-3-5-12/h9,11,13-14H,1-8H2. The Labute approximate surface area is 90.1 Å². The Kier molecular flexibility index (Phi) is 5.60. The lowest BCUT2D eigenvalue weighted by molar-refractivity contribution is -0.131. The Balaban J connectivity index is 2.22. The topological polar surface area (TPSA) is 72.8 Å². The van der Waals surface area contributed by atoms with Crippen LogP contribution in [0.1, 0.15) is 19.3 Å². The number of aliphatic hydroxyl groups is 2. The minimum absolute atomic E-state index is 0.0570. The zero-order chi connectivity index (χ0) is 11.1. The number of hydrogen-bond donors (Lipinski definition) is 3. The first kappa shape index (κ1) is 12.4. The maximum absolute atomic E-state index is 11.6. The molecule has 5 nitrogen and oxygen atoms in total. The molecule has 5 heteroatoms. The van der Waals surface area contributed by atoms with E-state index in [-0.39, 0.29) is 25.7 Å². The average molecular weight is 216 g/mol. The molecule has 1 aliphatic rings. The molecule has 0 aromatic heterocycles. The minimum Gasteiger partial charge on any atom is -0.395 e. The third kappa shape index (κ3) is 4.15. The molecule has 88 valence electrons. The molecule has 3 N–H and O–H groups in total. The Hall–Kier alpha value is -0.650. The third-order valence-corrected chi connectivity index (χ3v) is 2.69. The van der Waals surface area contributed by atoms with E-state index in [2.05, 4.69) is 5.32 Å². The highest BCUT2D eigenvalue weighted by molar-refractivity contribution is 5.78. The van der Waals surface area contributed by atoms with E-state index in [1.54, 1.807) is 0 Å². The van der Waals surface area contributed by atoms with Crippen LogP contribution in [0.25, 0.3) is 0 Å². The van der Waals surface area contributed by atoms with E-state index in [1.165, 1.54) is 6.42 Å². The number of carbonyl (C=O) groups is 1. The molecule has 0 bridgehead atoms. The van der Waals surface area contributed by atoms with Crippen LogP contribution in [-0.4, -0.2) is 59.9 Å². The largest absolute Gasteiger partial charge is 0.395 e. The summed E-state index contributed by atoms with van der Waals surface area (Å²) in [6, 6.07) is -0.390. The number of likely N-dealkylation sites (tertiary alicyclic amines) is 1. The Bertz CT molecular complexity index is 189. The molecular weight excluding hydrogens is 196 g/mol. The smallest absolute Gasteiger partial charge is 0.236 e. The van der Waals surface area contributed by atoms with Gasteiger partial charge < -0.3 is 20.4 Å². The van der Waals surface area contributed by atoms with Crippen molar-refractivity contribution in [2.75, 3.05) is 32.8 Å². The number of piperidine rings is 1. The van der Waals surface area contributed by atoms with Gasteiger partial charge in [0.1, 0.15) is 0 Å². The van der Waals surface area contributed by atoms with Crippen molar-refractivity contribution in [3.63, 3.8) is 0 Å². The number of rotatable bonds is 5. The second kappa shape index (κ2) is 6.76. The predicted octanol–water partition coefficient (Wildman–Crippen LogP) is -1.06. The monoisotopic (exact) mass is 216 g/mol. The van der Waals surface area contributed by atoms with Gasteiger partial charge in [-0.3, -0.25) is 4.79 Å². The zero-order valence-electron chi connectivity index (χ0n) is 8.98. The van der Waals surface area contributed by atoms with Gasteiger partial charge in [-0.1, -0.05) is 0 Å². The molecular formula is C10H20N2O3. The van der Waals surface area contributed by atoms with Crippen molar-refractivity contribution in [3.8, 4) is 0 Å². The van der Waals surface area contributed by atoms with E-state index >= 15 is 0 Å². The van der Waals surface area contributed by atoms with Crippen LogP contribution in [0.3, 0.4) is 0 Å². The molecule has 0 saturated carbocycles. The number of nitrogens with zero attached hydrogens (tertiary/aromatic N) is 1. The van der Waals surface area contributed by atoms with E-state index in [9.17, 15) is 4.79 Å². The summed E-state index contributed by atoms with van der Waals surface area (Å²) < 4.78 is 0. The highest BCUT2D eigenvalue weighted by Crippen LogP contribution is 2.08. The maximum Gasteiger partial charge on any atom is 0.236 e. The molecule has 1 heterocycles. The van der Waals surface area contributed by atoms with Gasteiger partial charge in [-0.2, -0.15) is 0 Å². The van der Waals surface area contributed by atoms with Gasteiger partial charge >= 0.3 is 0 Å². The third-order valence-electron chi connectivity index (χ3n) is 2.69. The first-order valence-corrected chi connectivity index (χ1v) is 5.50.